The highest BCUT2D eigenvalue weighted by Crippen LogP contribution is 2.37. The van der Waals surface area contributed by atoms with Crippen LogP contribution >= 0.6 is 36.4 Å². The fourth-order valence-corrected chi connectivity index (χ4v) is 4.81. The minimum atomic E-state index is 0. The summed E-state index contributed by atoms with van der Waals surface area (Å²) in [4.78, 5) is 2.44. The van der Waals surface area contributed by atoms with Crippen molar-refractivity contribution < 1.29 is 9.47 Å². The fourth-order valence-electron chi connectivity index (χ4n) is 4.69. The number of rotatable bonds is 16. The zero-order chi connectivity index (χ0) is 25.0. The normalized spacial score (nSPS) is 12.6. The zero-order valence-corrected chi connectivity index (χ0v) is 25.3. The maximum absolute atomic E-state index is 6.22. The van der Waals surface area contributed by atoms with Crippen molar-refractivity contribution in [2.45, 2.75) is 58.3 Å². The highest BCUT2D eigenvalue weighted by Gasteiger charge is 2.35. The summed E-state index contributed by atoms with van der Waals surface area (Å²) >= 11 is 6.22. The minimum Gasteiger partial charge on any atom is -0.493 e. The second kappa shape index (κ2) is 18.1. The van der Waals surface area contributed by atoms with Crippen LogP contribution in [0.2, 0.25) is 5.02 Å². The molecule has 2 aromatic carbocycles. The number of halogens is 3. The van der Waals surface area contributed by atoms with Gasteiger partial charge in [0, 0.05) is 23.5 Å². The van der Waals surface area contributed by atoms with Crippen LogP contribution in [0.25, 0.3) is 0 Å². The molecule has 0 bridgehead atoms. The molecular formula is C29H47Cl3N2O2. The number of hydrogen-bond acceptors (Lipinski definition) is 4. The van der Waals surface area contributed by atoms with Crippen LogP contribution in [0.1, 0.15) is 57.6 Å². The highest BCUT2D eigenvalue weighted by molar-refractivity contribution is 6.30. The predicted molar refractivity (Wildman–Crippen MR) is 160 cm³/mol. The number of hydrogen-bond donors (Lipinski definition) is 1. The van der Waals surface area contributed by atoms with Crippen molar-refractivity contribution in [2.24, 2.45) is 5.92 Å². The smallest absolute Gasteiger partial charge is 0.160 e. The molecule has 0 radical (unpaired) electrons. The Hall–Kier alpha value is -1.17. The van der Waals surface area contributed by atoms with E-state index in [1.54, 1.807) is 14.2 Å². The standard InChI is InChI=1S/C29H45ClN2O2.2ClH/c1-7-8-18-31-22-29(23(2)3,25-11-13-26(30)14-12-25)17-9-19-32(4)20-16-24-10-15-27(33-5)28(21-24)34-6;;/h10-15,21,23,31H,7-9,16-20,22H2,1-6H3;2*1H. The van der Waals surface area contributed by atoms with Crippen LogP contribution in [-0.2, 0) is 11.8 Å². The summed E-state index contributed by atoms with van der Waals surface area (Å²) in [5, 5.41) is 4.56. The Morgan fingerprint density at radius 3 is 2.19 bits per heavy atom. The summed E-state index contributed by atoms with van der Waals surface area (Å²) in [6.45, 7) is 11.1. The molecule has 0 aliphatic carbocycles. The molecule has 2 aromatic rings. The Morgan fingerprint density at radius 2 is 1.61 bits per heavy atom. The molecule has 0 saturated carbocycles. The summed E-state index contributed by atoms with van der Waals surface area (Å²) in [6.07, 6.45) is 5.72. The van der Waals surface area contributed by atoms with Gasteiger partial charge in [-0.05, 0) is 87.1 Å². The third kappa shape index (κ3) is 10.3. The first-order valence-corrected chi connectivity index (χ1v) is 13.1. The van der Waals surface area contributed by atoms with E-state index in [1.165, 1.54) is 24.0 Å². The van der Waals surface area contributed by atoms with Crippen molar-refractivity contribution in [3.05, 3.63) is 58.6 Å². The van der Waals surface area contributed by atoms with Gasteiger partial charge in [0.05, 0.1) is 14.2 Å². The molecule has 0 aliphatic heterocycles. The molecule has 1 atom stereocenters. The lowest BCUT2D eigenvalue weighted by Gasteiger charge is -2.39. The van der Waals surface area contributed by atoms with Gasteiger partial charge in [0.15, 0.2) is 11.5 Å². The number of ether oxygens (including phenoxy) is 2. The van der Waals surface area contributed by atoms with Gasteiger partial charge in [0.1, 0.15) is 0 Å². The molecule has 0 fully saturated rings. The molecule has 4 nitrogen and oxygen atoms in total. The Balaban J connectivity index is 0.00000612. The molecule has 206 valence electrons. The van der Waals surface area contributed by atoms with Gasteiger partial charge in [0.2, 0.25) is 0 Å². The number of likely N-dealkylation sites (N-methyl/N-ethyl adjacent to an activating group) is 1. The van der Waals surface area contributed by atoms with E-state index in [4.69, 9.17) is 21.1 Å². The molecule has 36 heavy (non-hydrogen) atoms. The van der Waals surface area contributed by atoms with E-state index in [-0.39, 0.29) is 30.2 Å². The van der Waals surface area contributed by atoms with E-state index in [1.807, 2.05) is 18.2 Å². The summed E-state index contributed by atoms with van der Waals surface area (Å²) in [5.74, 6) is 2.10. The Kier molecular flexibility index (Phi) is 17.6. The van der Waals surface area contributed by atoms with Crippen molar-refractivity contribution in [1.29, 1.82) is 0 Å². The molecule has 1 unspecified atom stereocenters. The number of methoxy groups -OCH3 is 2. The zero-order valence-electron chi connectivity index (χ0n) is 22.9. The molecule has 0 heterocycles. The Labute approximate surface area is 237 Å². The van der Waals surface area contributed by atoms with Crippen molar-refractivity contribution >= 4 is 36.4 Å². The van der Waals surface area contributed by atoms with Crippen LogP contribution in [-0.4, -0.2) is 52.3 Å². The SMILES string of the molecule is CCCCNCC(CCCN(C)CCc1ccc(OC)c(OC)c1)(c1ccc(Cl)cc1)C(C)C.Cl.Cl. The topological polar surface area (TPSA) is 33.7 Å². The second-order valence-electron chi connectivity index (χ2n) is 9.69. The van der Waals surface area contributed by atoms with E-state index in [0.717, 1.165) is 62.0 Å². The second-order valence-corrected chi connectivity index (χ2v) is 10.1. The van der Waals surface area contributed by atoms with E-state index >= 15 is 0 Å². The number of unbranched alkanes of at least 4 members (excludes halogenated alkanes) is 1. The van der Waals surface area contributed by atoms with Gasteiger partial charge in [-0.1, -0.05) is 57.0 Å². The van der Waals surface area contributed by atoms with Gasteiger partial charge in [0.25, 0.3) is 0 Å². The number of nitrogens with zero attached hydrogens (tertiary/aromatic N) is 1. The lowest BCUT2D eigenvalue weighted by Crippen LogP contribution is -2.43. The van der Waals surface area contributed by atoms with Crippen molar-refractivity contribution in [3.63, 3.8) is 0 Å². The molecular weight excluding hydrogens is 515 g/mol. The lowest BCUT2D eigenvalue weighted by atomic mass is 9.68. The number of benzene rings is 2. The molecule has 0 spiro atoms. The summed E-state index contributed by atoms with van der Waals surface area (Å²) in [5.41, 5.74) is 2.76. The van der Waals surface area contributed by atoms with Crippen molar-refractivity contribution in [2.75, 3.05) is 47.4 Å². The molecule has 0 saturated heterocycles. The molecule has 1 N–H and O–H groups in total. The number of nitrogens with one attached hydrogen (secondary N) is 1. The Bertz CT molecular complexity index is 849. The predicted octanol–water partition coefficient (Wildman–Crippen LogP) is 7.44. The summed E-state index contributed by atoms with van der Waals surface area (Å²) in [7, 11) is 5.58. The van der Waals surface area contributed by atoms with Gasteiger partial charge in [-0.25, -0.2) is 0 Å². The average Bonchev–Trinajstić information content (AvgIpc) is 2.84. The summed E-state index contributed by atoms with van der Waals surface area (Å²) in [6, 6.07) is 14.7. The largest absolute Gasteiger partial charge is 0.493 e. The molecule has 7 heteroatoms. The van der Waals surface area contributed by atoms with Gasteiger partial charge in [-0.3, -0.25) is 0 Å². The van der Waals surface area contributed by atoms with E-state index in [0.29, 0.717) is 5.92 Å². The van der Waals surface area contributed by atoms with Crippen LogP contribution in [0.15, 0.2) is 42.5 Å². The minimum absolute atomic E-state index is 0. The lowest BCUT2D eigenvalue weighted by molar-refractivity contribution is 0.242. The van der Waals surface area contributed by atoms with Crippen molar-refractivity contribution in [1.82, 2.24) is 10.2 Å². The van der Waals surface area contributed by atoms with Crippen LogP contribution in [0.4, 0.5) is 0 Å². The Morgan fingerprint density at radius 1 is 0.944 bits per heavy atom. The van der Waals surface area contributed by atoms with Crippen molar-refractivity contribution in [3.8, 4) is 11.5 Å². The highest BCUT2D eigenvalue weighted by atomic mass is 35.5. The van der Waals surface area contributed by atoms with Crippen LogP contribution in [0, 0.1) is 5.92 Å². The van der Waals surface area contributed by atoms with Gasteiger partial charge < -0.3 is 19.7 Å². The third-order valence-electron chi connectivity index (χ3n) is 7.06. The average molecular weight is 562 g/mol. The van der Waals surface area contributed by atoms with Crippen LogP contribution in [0.5, 0.6) is 11.5 Å². The monoisotopic (exact) mass is 560 g/mol. The molecule has 0 aliphatic rings. The summed E-state index contributed by atoms with van der Waals surface area (Å²) < 4.78 is 10.8. The molecule has 0 aromatic heterocycles. The first-order valence-electron chi connectivity index (χ1n) is 12.7. The first kappa shape index (κ1) is 34.8. The van der Waals surface area contributed by atoms with Gasteiger partial charge >= 0.3 is 0 Å². The van der Waals surface area contributed by atoms with E-state index < -0.39 is 0 Å². The quantitative estimate of drug-likeness (QED) is 0.216. The molecule has 0 amide bonds. The van der Waals surface area contributed by atoms with Crippen LogP contribution < -0.4 is 14.8 Å². The van der Waals surface area contributed by atoms with E-state index in [2.05, 4.69) is 62.3 Å². The van der Waals surface area contributed by atoms with Gasteiger partial charge in [-0.2, -0.15) is 0 Å². The fraction of sp³-hybridized carbons (Fsp3) is 0.586. The maximum Gasteiger partial charge on any atom is 0.160 e. The van der Waals surface area contributed by atoms with Crippen LogP contribution in [0.3, 0.4) is 0 Å². The third-order valence-corrected chi connectivity index (χ3v) is 7.32. The maximum atomic E-state index is 6.22. The first-order chi connectivity index (χ1) is 16.4. The molecule has 2 rings (SSSR count). The van der Waals surface area contributed by atoms with Gasteiger partial charge in [-0.15, -0.1) is 24.8 Å². The van der Waals surface area contributed by atoms with E-state index in [9.17, 15) is 0 Å².